The van der Waals surface area contributed by atoms with Crippen molar-refractivity contribution in [3.8, 4) is 17.2 Å². The lowest BCUT2D eigenvalue weighted by Gasteiger charge is -2.19. The summed E-state index contributed by atoms with van der Waals surface area (Å²) in [5.74, 6) is 0.901. The fourth-order valence-corrected chi connectivity index (χ4v) is 2.26. The van der Waals surface area contributed by atoms with E-state index in [1.54, 1.807) is 10.7 Å². The van der Waals surface area contributed by atoms with Crippen molar-refractivity contribution in [2.75, 3.05) is 13.2 Å². The van der Waals surface area contributed by atoms with Crippen LogP contribution in [0.1, 0.15) is 11.4 Å². The largest absolute Gasteiger partial charge is 0.486 e. The lowest BCUT2D eigenvalue weighted by Crippen LogP contribution is -2.16. The topological polar surface area (TPSA) is 79.4 Å². The molecule has 0 aliphatic carbocycles. The van der Waals surface area contributed by atoms with E-state index in [2.05, 4.69) is 5.10 Å². The minimum absolute atomic E-state index is 0.0551. The van der Waals surface area contributed by atoms with Crippen LogP contribution in [0.3, 0.4) is 0 Å². The van der Waals surface area contributed by atoms with Crippen LogP contribution in [0.2, 0.25) is 0 Å². The number of aromatic nitrogens is 2. The molecule has 0 amide bonds. The molecule has 3 rings (SSSR count). The van der Waals surface area contributed by atoms with Gasteiger partial charge in [0, 0.05) is 11.8 Å². The van der Waals surface area contributed by atoms with E-state index in [0.717, 1.165) is 11.4 Å². The Morgan fingerprint density at radius 2 is 1.85 bits per heavy atom. The third kappa shape index (κ3) is 1.97. The predicted molar refractivity (Wildman–Crippen MR) is 70.7 cm³/mol. The summed E-state index contributed by atoms with van der Waals surface area (Å²) in [6.45, 7) is 4.51. The van der Waals surface area contributed by atoms with Gasteiger partial charge in [0.2, 0.25) is 0 Å². The van der Waals surface area contributed by atoms with Gasteiger partial charge in [0.1, 0.15) is 18.9 Å². The van der Waals surface area contributed by atoms with E-state index < -0.39 is 4.92 Å². The maximum Gasteiger partial charge on any atom is 0.298 e. The molecule has 0 saturated heterocycles. The minimum Gasteiger partial charge on any atom is -0.486 e. The van der Waals surface area contributed by atoms with Crippen molar-refractivity contribution in [1.29, 1.82) is 0 Å². The SMILES string of the molecule is Cc1cc(C)n(-c2cc3c(cc2[N+](=O)[O-])OCCO3)n1. The second-order valence-corrected chi connectivity index (χ2v) is 4.58. The summed E-state index contributed by atoms with van der Waals surface area (Å²) in [5, 5.41) is 15.6. The van der Waals surface area contributed by atoms with Crippen molar-refractivity contribution < 1.29 is 14.4 Å². The van der Waals surface area contributed by atoms with E-state index in [1.807, 2.05) is 19.9 Å². The molecule has 1 aliphatic rings. The molecule has 1 aromatic heterocycles. The van der Waals surface area contributed by atoms with Gasteiger partial charge in [-0.1, -0.05) is 0 Å². The number of nitrogens with zero attached hydrogens (tertiary/aromatic N) is 3. The summed E-state index contributed by atoms with van der Waals surface area (Å²) >= 11 is 0. The minimum atomic E-state index is -0.440. The number of benzene rings is 1. The number of aryl methyl sites for hydroxylation is 2. The van der Waals surface area contributed by atoms with E-state index in [1.165, 1.54) is 6.07 Å². The molecule has 2 aromatic rings. The highest BCUT2D eigenvalue weighted by atomic mass is 16.6. The first kappa shape index (κ1) is 12.5. The first-order valence-electron chi connectivity index (χ1n) is 6.18. The second kappa shape index (κ2) is 4.52. The highest BCUT2D eigenvalue weighted by molar-refractivity contribution is 5.62. The van der Waals surface area contributed by atoms with Crippen molar-refractivity contribution in [2.24, 2.45) is 0 Å². The Kier molecular flexibility index (Phi) is 2.81. The van der Waals surface area contributed by atoms with Crippen molar-refractivity contribution in [2.45, 2.75) is 13.8 Å². The first-order chi connectivity index (χ1) is 9.56. The molecule has 0 unspecified atom stereocenters. The van der Waals surface area contributed by atoms with Crippen LogP contribution in [0.5, 0.6) is 11.5 Å². The number of nitro benzene ring substituents is 1. The van der Waals surface area contributed by atoms with Gasteiger partial charge >= 0.3 is 0 Å². The van der Waals surface area contributed by atoms with Crippen molar-refractivity contribution in [3.63, 3.8) is 0 Å². The van der Waals surface area contributed by atoms with Crippen LogP contribution in [0.4, 0.5) is 5.69 Å². The van der Waals surface area contributed by atoms with Crippen LogP contribution in [0.25, 0.3) is 5.69 Å². The third-order valence-electron chi connectivity index (χ3n) is 3.07. The van der Waals surface area contributed by atoms with Gasteiger partial charge in [-0.05, 0) is 19.9 Å². The van der Waals surface area contributed by atoms with Gasteiger partial charge in [-0.3, -0.25) is 10.1 Å². The van der Waals surface area contributed by atoms with E-state index in [9.17, 15) is 10.1 Å². The number of nitro groups is 1. The Morgan fingerprint density at radius 3 is 2.40 bits per heavy atom. The fourth-order valence-electron chi connectivity index (χ4n) is 2.26. The lowest BCUT2D eigenvalue weighted by atomic mass is 10.2. The van der Waals surface area contributed by atoms with Gasteiger partial charge in [0.05, 0.1) is 16.7 Å². The Labute approximate surface area is 114 Å². The number of fused-ring (bicyclic) bond motifs is 1. The number of hydrogen-bond acceptors (Lipinski definition) is 5. The zero-order valence-electron chi connectivity index (χ0n) is 11.1. The highest BCUT2D eigenvalue weighted by Crippen LogP contribution is 2.38. The molecule has 0 N–H and O–H groups in total. The summed E-state index contributed by atoms with van der Waals surface area (Å²) in [6.07, 6.45) is 0. The molecule has 1 aromatic carbocycles. The predicted octanol–water partition coefficient (Wildman–Crippen LogP) is 2.17. The van der Waals surface area contributed by atoms with Crippen LogP contribution in [0.15, 0.2) is 18.2 Å². The first-order valence-corrected chi connectivity index (χ1v) is 6.18. The normalized spacial score (nSPS) is 13.3. The average molecular weight is 275 g/mol. The highest BCUT2D eigenvalue weighted by Gasteiger charge is 2.24. The molecule has 104 valence electrons. The Bertz CT molecular complexity index is 693. The van der Waals surface area contributed by atoms with Crippen molar-refractivity contribution >= 4 is 5.69 Å². The third-order valence-corrected chi connectivity index (χ3v) is 3.07. The van der Waals surface area contributed by atoms with Crippen LogP contribution < -0.4 is 9.47 Å². The van der Waals surface area contributed by atoms with E-state index in [-0.39, 0.29) is 5.69 Å². The molecule has 7 nitrogen and oxygen atoms in total. The quantitative estimate of drug-likeness (QED) is 0.620. The molecular weight excluding hydrogens is 262 g/mol. The molecule has 0 saturated carbocycles. The van der Waals surface area contributed by atoms with Crippen LogP contribution in [-0.4, -0.2) is 27.9 Å². The molecule has 2 heterocycles. The molecule has 7 heteroatoms. The monoisotopic (exact) mass is 275 g/mol. The summed E-state index contributed by atoms with van der Waals surface area (Å²) < 4.78 is 12.4. The van der Waals surface area contributed by atoms with Crippen molar-refractivity contribution in [1.82, 2.24) is 9.78 Å². The maximum absolute atomic E-state index is 11.3. The summed E-state index contributed by atoms with van der Waals surface area (Å²) in [7, 11) is 0. The smallest absolute Gasteiger partial charge is 0.298 e. The Morgan fingerprint density at radius 1 is 1.20 bits per heavy atom. The van der Waals surface area contributed by atoms with Gasteiger partial charge in [0.25, 0.3) is 5.69 Å². The Hall–Kier alpha value is -2.57. The van der Waals surface area contributed by atoms with Crippen LogP contribution in [0, 0.1) is 24.0 Å². The number of rotatable bonds is 2. The summed E-state index contributed by atoms with van der Waals surface area (Å²) in [4.78, 5) is 10.8. The zero-order chi connectivity index (χ0) is 14.3. The molecule has 20 heavy (non-hydrogen) atoms. The standard InChI is InChI=1S/C13H13N3O4/c1-8-5-9(2)15(14-8)10-6-12-13(20-4-3-19-12)7-11(10)16(17)18/h5-7H,3-4H2,1-2H3. The number of hydrogen-bond donors (Lipinski definition) is 0. The number of ether oxygens (including phenoxy) is 2. The molecule has 0 bridgehead atoms. The molecule has 0 spiro atoms. The van der Waals surface area contributed by atoms with Crippen molar-refractivity contribution in [3.05, 3.63) is 39.7 Å². The van der Waals surface area contributed by atoms with Gasteiger partial charge in [-0.2, -0.15) is 5.10 Å². The van der Waals surface area contributed by atoms with Gasteiger partial charge in [0.15, 0.2) is 11.5 Å². The molecule has 0 atom stereocenters. The van der Waals surface area contributed by atoms with Crippen LogP contribution >= 0.6 is 0 Å². The van der Waals surface area contributed by atoms with E-state index >= 15 is 0 Å². The molecule has 0 fully saturated rings. The summed E-state index contributed by atoms with van der Waals surface area (Å²) in [5.41, 5.74) is 1.94. The second-order valence-electron chi connectivity index (χ2n) is 4.58. The van der Waals surface area contributed by atoms with Crippen LogP contribution in [-0.2, 0) is 0 Å². The maximum atomic E-state index is 11.3. The average Bonchev–Trinajstić information content (AvgIpc) is 2.76. The van der Waals surface area contributed by atoms with Gasteiger partial charge < -0.3 is 9.47 Å². The molecule has 0 radical (unpaired) electrons. The summed E-state index contributed by atoms with van der Waals surface area (Å²) in [6, 6.07) is 4.85. The zero-order valence-corrected chi connectivity index (χ0v) is 11.1. The lowest BCUT2D eigenvalue weighted by molar-refractivity contribution is -0.384. The molecule has 1 aliphatic heterocycles. The fraction of sp³-hybridized carbons (Fsp3) is 0.308. The Balaban J connectivity index is 2.22. The van der Waals surface area contributed by atoms with Gasteiger partial charge in [-0.15, -0.1) is 0 Å². The van der Waals surface area contributed by atoms with E-state index in [0.29, 0.717) is 30.4 Å². The van der Waals surface area contributed by atoms with Gasteiger partial charge in [-0.25, -0.2) is 4.68 Å². The van der Waals surface area contributed by atoms with E-state index in [4.69, 9.17) is 9.47 Å². The molecular formula is C13H13N3O4.